The van der Waals surface area contributed by atoms with Gasteiger partial charge in [0.2, 0.25) is 5.91 Å². The van der Waals surface area contributed by atoms with E-state index in [1.165, 1.54) is 6.07 Å². The van der Waals surface area contributed by atoms with Crippen LogP contribution in [0, 0.1) is 12.8 Å². The van der Waals surface area contributed by atoms with Crippen molar-refractivity contribution in [2.24, 2.45) is 5.92 Å². The molecule has 0 aliphatic heterocycles. The van der Waals surface area contributed by atoms with Gasteiger partial charge in [-0.25, -0.2) is 8.42 Å². The highest BCUT2D eigenvalue weighted by Crippen LogP contribution is 2.25. The van der Waals surface area contributed by atoms with Gasteiger partial charge in [-0.2, -0.15) is 0 Å². The van der Waals surface area contributed by atoms with Crippen LogP contribution in [0.15, 0.2) is 59.5 Å². The Morgan fingerprint density at radius 2 is 1.78 bits per heavy atom. The van der Waals surface area contributed by atoms with Crippen molar-refractivity contribution in [3.8, 4) is 0 Å². The van der Waals surface area contributed by atoms with Crippen LogP contribution >= 0.6 is 11.6 Å². The SMILES string of the molecule is Cc1ccc(NC(=O)[C@H]2CC=CCC2)cc1S(=O)(=O)Nc1ccc(Cl)cc1. The molecular weight excluding hydrogens is 384 g/mol. The van der Waals surface area contributed by atoms with Crippen LogP contribution < -0.4 is 10.0 Å². The molecule has 0 spiro atoms. The number of amides is 1. The van der Waals surface area contributed by atoms with Gasteiger partial charge in [0.1, 0.15) is 0 Å². The third-order valence-electron chi connectivity index (χ3n) is 4.48. The third kappa shape index (κ3) is 4.90. The van der Waals surface area contributed by atoms with E-state index < -0.39 is 10.0 Å². The smallest absolute Gasteiger partial charge is 0.262 e. The van der Waals surface area contributed by atoms with Gasteiger partial charge in [-0.15, -0.1) is 0 Å². The van der Waals surface area contributed by atoms with Crippen LogP contribution in [-0.2, 0) is 14.8 Å². The summed E-state index contributed by atoms with van der Waals surface area (Å²) in [5, 5.41) is 3.36. The van der Waals surface area contributed by atoms with Crippen molar-refractivity contribution in [3.05, 3.63) is 65.2 Å². The number of aryl methyl sites for hydroxylation is 1. The van der Waals surface area contributed by atoms with Crippen molar-refractivity contribution in [2.75, 3.05) is 10.0 Å². The van der Waals surface area contributed by atoms with Crippen LogP contribution in [0.25, 0.3) is 0 Å². The predicted octanol–water partition coefficient (Wildman–Crippen LogP) is 4.74. The van der Waals surface area contributed by atoms with Gasteiger partial charge in [-0.05, 0) is 68.1 Å². The maximum Gasteiger partial charge on any atom is 0.262 e. The van der Waals surface area contributed by atoms with Crippen LogP contribution in [-0.4, -0.2) is 14.3 Å². The first-order valence-electron chi connectivity index (χ1n) is 8.70. The molecule has 0 saturated carbocycles. The van der Waals surface area contributed by atoms with E-state index in [1.807, 2.05) is 6.08 Å². The van der Waals surface area contributed by atoms with E-state index in [4.69, 9.17) is 11.6 Å². The highest BCUT2D eigenvalue weighted by Gasteiger charge is 2.21. The topological polar surface area (TPSA) is 75.3 Å². The molecule has 0 aromatic heterocycles. The van der Waals surface area contributed by atoms with Crippen LogP contribution in [0.2, 0.25) is 5.02 Å². The molecule has 1 aliphatic carbocycles. The van der Waals surface area contributed by atoms with Gasteiger partial charge in [0, 0.05) is 22.3 Å². The lowest BCUT2D eigenvalue weighted by molar-refractivity contribution is -0.120. The van der Waals surface area contributed by atoms with Gasteiger partial charge in [0.15, 0.2) is 0 Å². The Morgan fingerprint density at radius 3 is 2.44 bits per heavy atom. The summed E-state index contributed by atoms with van der Waals surface area (Å²) in [6.45, 7) is 1.72. The number of allylic oxidation sites excluding steroid dienone is 2. The monoisotopic (exact) mass is 404 g/mol. The minimum Gasteiger partial charge on any atom is -0.326 e. The summed E-state index contributed by atoms with van der Waals surface area (Å²) in [5.41, 5.74) is 1.48. The van der Waals surface area contributed by atoms with Gasteiger partial charge in [0.25, 0.3) is 10.0 Å². The van der Waals surface area contributed by atoms with Crippen LogP contribution in [0.3, 0.4) is 0 Å². The van der Waals surface area contributed by atoms with Crippen molar-refractivity contribution < 1.29 is 13.2 Å². The van der Waals surface area contributed by atoms with E-state index in [-0.39, 0.29) is 16.7 Å². The molecule has 0 radical (unpaired) electrons. The molecule has 2 N–H and O–H groups in total. The Labute approximate surface area is 164 Å². The molecule has 0 fully saturated rings. The maximum absolute atomic E-state index is 12.8. The average molecular weight is 405 g/mol. The summed E-state index contributed by atoms with van der Waals surface area (Å²) in [5.74, 6) is -0.166. The molecule has 7 heteroatoms. The summed E-state index contributed by atoms with van der Waals surface area (Å²) >= 11 is 5.84. The van der Waals surface area contributed by atoms with Crippen LogP contribution in [0.5, 0.6) is 0 Å². The maximum atomic E-state index is 12.8. The normalized spacial score (nSPS) is 16.7. The fourth-order valence-corrected chi connectivity index (χ4v) is 4.43. The highest BCUT2D eigenvalue weighted by molar-refractivity contribution is 7.92. The largest absolute Gasteiger partial charge is 0.326 e. The molecule has 2 aromatic rings. The second-order valence-corrected chi connectivity index (χ2v) is 8.65. The summed E-state index contributed by atoms with van der Waals surface area (Å²) < 4.78 is 28.1. The van der Waals surface area contributed by atoms with Crippen LogP contribution in [0.1, 0.15) is 24.8 Å². The fourth-order valence-electron chi connectivity index (χ4n) is 2.97. The van der Waals surface area contributed by atoms with E-state index in [9.17, 15) is 13.2 Å². The number of rotatable bonds is 5. The van der Waals surface area contributed by atoms with Gasteiger partial charge in [-0.3, -0.25) is 9.52 Å². The zero-order valence-electron chi connectivity index (χ0n) is 14.9. The van der Waals surface area contributed by atoms with Crippen molar-refractivity contribution in [3.63, 3.8) is 0 Å². The first kappa shape index (κ1) is 19.5. The second kappa shape index (κ2) is 8.15. The number of anilines is 2. The van der Waals surface area contributed by atoms with Gasteiger partial charge < -0.3 is 5.32 Å². The first-order chi connectivity index (χ1) is 12.8. The number of hydrogen-bond donors (Lipinski definition) is 2. The average Bonchev–Trinajstić information content (AvgIpc) is 2.65. The molecule has 0 bridgehead atoms. The first-order valence-corrected chi connectivity index (χ1v) is 10.6. The number of halogens is 1. The van der Waals surface area contributed by atoms with E-state index >= 15 is 0 Å². The number of carbonyl (C=O) groups is 1. The molecule has 1 atom stereocenters. The molecule has 2 aromatic carbocycles. The van der Waals surface area contributed by atoms with E-state index in [2.05, 4.69) is 16.1 Å². The number of benzene rings is 2. The quantitative estimate of drug-likeness (QED) is 0.706. The fraction of sp³-hybridized carbons (Fsp3) is 0.250. The summed E-state index contributed by atoms with van der Waals surface area (Å²) in [4.78, 5) is 12.5. The highest BCUT2D eigenvalue weighted by atomic mass is 35.5. The Morgan fingerprint density at radius 1 is 1.07 bits per heavy atom. The molecule has 0 heterocycles. The molecule has 1 amide bonds. The zero-order chi connectivity index (χ0) is 19.4. The molecule has 0 saturated heterocycles. The van der Waals surface area contributed by atoms with Gasteiger partial charge in [0.05, 0.1) is 4.90 Å². The van der Waals surface area contributed by atoms with Crippen molar-refractivity contribution in [1.29, 1.82) is 0 Å². The van der Waals surface area contributed by atoms with Crippen molar-refractivity contribution >= 4 is 38.9 Å². The lowest BCUT2D eigenvalue weighted by Crippen LogP contribution is -2.23. The Kier molecular flexibility index (Phi) is 5.87. The number of carbonyl (C=O) groups excluding carboxylic acids is 1. The van der Waals surface area contributed by atoms with E-state index in [1.54, 1.807) is 43.3 Å². The predicted molar refractivity (Wildman–Crippen MR) is 109 cm³/mol. The van der Waals surface area contributed by atoms with Crippen molar-refractivity contribution in [2.45, 2.75) is 31.1 Å². The summed E-state index contributed by atoms with van der Waals surface area (Å²) in [6.07, 6.45) is 6.48. The molecule has 1 aliphatic rings. The Balaban J connectivity index is 1.80. The van der Waals surface area contributed by atoms with Crippen molar-refractivity contribution in [1.82, 2.24) is 0 Å². The molecule has 142 valence electrons. The van der Waals surface area contributed by atoms with E-state index in [0.717, 1.165) is 12.8 Å². The minimum absolute atomic E-state index is 0.0800. The Hall–Kier alpha value is -2.31. The lowest BCUT2D eigenvalue weighted by Gasteiger charge is -2.18. The number of sulfonamides is 1. The zero-order valence-corrected chi connectivity index (χ0v) is 16.5. The molecule has 5 nitrogen and oxygen atoms in total. The van der Waals surface area contributed by atoms with E-state index in [0.29, 0.717) is 28.4 Å². The third-order valence-corrected chi connectivity index (χ3v) is 6.26. The number of hydrogen-bond acceptors (Lipinski definition) is 3. The summed E-state index contributed by atoms with van der Waals surface area (Å²) in [7, 11) is -3.80. The second-order valence-electron chi connectivity index (χ2n) is 6.56. The van der Waals surface area contributed by atoms with Gasteiger partial charge >= 0.3 is 0 Å². The number of nitrogens with one attached hydrogen (secondary N) is 2. The Bertz CT molecular complexity index is 969. The minimum atomic E-state index is -3.80. The summed E-state index contributed by atoms with van der Waals surface area (Å²) in [6, 6.07) is 11.3. The molecule has 27 heavy (non-hydrogen) atoms. The molecule has 3 rings (SSSR count). The molecular formula is C20H21ClN2O3S. The van der Waals surface area contributed by atoms with Crippen LogP contribution in [0.4, 0.5) is 11.4 Å². The molecule has 0 unspecified atom stereocenters. The van der Waals surface area contributed by atoms with Gasteiger partial charge in [-0.1, -0.05) is 29.8 Å². The lowest BCUT2D eigenvalue weighted by atomic mass is 9.93. The standard InChI is InChI=1S/C20H21ClN2O3S/c1-14-7-10-18(22-20(24)15-5-3-2-4-6-15)13-19(14)27(25,26)23-17-11-8-16(21)9-12-17/h2-3,7-13,15,23H,4-6H2,1H3,(H,22,24)/t15-/m0/s1.